The smallest absolute Gasteiger partial charge is 0.121 e. The lowest BCUT2D eigenvalue weighted by Gasteiger charge is -2.16. The van der Waals surface area contributed by atoms with Crippen LogP contribution in [-0.2, 0) is 10.8 Å². The minimum atomic E-state index is -0.925. The van der Waals surface area contributed by atoms with Gasteiger partial charge in [-0.1, -0.05) is 0 Å². The molecule has 1 atom stereocenters. The van der Waals surface area contributed by atoms with Gasteiger partial charge in [0.2, 0.25) is 0 Å². The van der Waals surface area contributed by atoms with Crippen LogP contribution < -0.4 is 15.4 Å². The van der Waals surface area contributed by atoms with Crippen LogP contribution in [0.1, 0.15) is 0 Å². The number of fused-ring (bicyclic) bond motifs is 1. The molecule has 5 heteroatoms. The van der Waals surface area contributed by atoms with E-state index in [1.807, 2.05) is 23.1 Å². The maximum absolute atomic E-state index is 11.7. The topological polar surface area (TPSA) is 55.6 Å². The van der Waals surface area contributed by atoms with Gasteiger partial charge in [-0.3, -0.25) is 4.21 Å². The van der Waals surface area contributed by atoms with E-state index in [9.17, 15) is 4.21 Å². The Labute approximate surface area is 91.5 Å². The third-order valence-corrected chi connectivity index (χ3v) is 3.81. The van der Waals surface area contributed by atoms with E-state index in [0.717, 1.165) is 22.9 Å². The Bertz CT molecular complexity index is 395. The van der Waals surface area contributed by atoms with E-state index in [4.69, 9.17) is 10.5 Å². The van der Waals surface area contributed by atoms with Crippen LogP contribution in [0.4, 0.5) is 5.69 Å². The highest BCUT2D eigenvalue weighted by Gasteiger charge is 2.25. The molecule has 1 heterocycles. The zero-order chi connectivity index (χ0) is 10.8. The Balaban J connectivity index is 2.38. The fourth-order valence-electron chi connectivity index (χ4n) is 1.69. The standard InChI is InChI=1S/C10H14N2O2S/c1-14-8-2-3-10-9(6-8)12(5-4-11)7-15(10)13/h2-3,6H,4-5,7,11H2,1H3. The zero-order valence-corrected chi connectivity index (χ0v) is 9.42. The van der Waals surface area contributed by atoms with Crippen molar-refractivity contribution >= 4 is 16.5 Å². The maximum Gasteiger partial charge on any atom is 0.121 e. The fraction of sp³-hybridized carbons (Fsp3) is 0.400. The van der Waals surface area contributed by atoms with Gasteiger partial charge in [0.25, 0.3) is 0 Å². The van der Waals surface area contributed by atoms with Gasteiger partial charge in [0.05, 0.1) is 34.4 Å². The second kappa shape index (κ2) is 4.20. The highest BCUT2D eigenvalue weighted by atomic mass is 32.2. The molecule has 1 aromatic rings. The Morgan fingerprint density at radius 3 is 3.07 bits per heavy atom. The SMILES string of the molecule is COc1ccc2c(c1)N(CCN)CS2=O. The Morgan fingerprint density at radius 2 is 2.40 bits per heavy atom. The molecular formula is C10H14N2O2S. The average Bonchev–Trinajstić information content (AvgIpc) is 2.56. The number of anilines is 1. The van der Waals surface area contributed by atoms with Gasteiger partial charge in [-0.25, -0.2) is 0 Å². The zero-order valence-electron chi connectivity index (χ0n) is 8.60. The van der Waals surface area contributed by atoms with Crippen LogP contribution in [0.15, 0.2) is 23.1 Å². The first kappa shape index (κ1) is 10.4. The number of methoxy groups -OCH3 is 1. The van der Waals surface area contributed by atoms with Crippen molar-refractivity contribution in [3.8, 4) is 5.75 Å². The van der Waals surface area contributed by atoms with Gasteiger partial charge >= 0.3 is 0 Å². The van der Waals surface area contributed by atoms with E-state index in [-0.39, 0.29) is 0 Å². The molecule has 0 saturated heterocycles. The number of hydrogen-bond donors (Lipinski definition) is 1. The molecule has 1 aliphatic heterocycles. The lowest BCUT2D eigenvalue weighted by atomic mass is 10.3. The number of nitrogens with two attached hydrogens (primary N) is 1. The van der Waals surface area contributed by atoms with E-state index in [2.05, 4.69) is 0 Å². The summed E-state index contributed by atoms with van der Waals surface area (Å²) >= 11 is 0. The molecule has 0 amide bonds. The van der Waals surface area contributed by atoms with Gasteiger partial charge in [-0.05, 0) is 12.1 Å². The van der Waals surface area contributed by atoms with Crippen LogP contribution in [0, 0.1) is 0 Å². The average molecular weight is 226 g/mol. The molecule has 0 aromatic heterocycles. The number of hydrogen-bond acceptors (Lipinski definition) is 4. The van der Waals surface area contributed by atoms with Crippen LogP contribution in [0.25, 0.3) is 0 Å². The van der Waals surface area contributed by atoms with E-state index in [1.54, 1.807) is 7.11 Å². The van der Waals surface area contributed by atoms with Crippen LogP contribution in [0.3, 0.4) is 0 Å². The van der Waals surface area contributed by atoms with Crippen LogP contribution in [0.5, 0.6) is 5.75 Å². The molecule has 0 aliphatic carbocycles. The predicted octanol–water partition coefficient (Wildman–Crippen LogP) is 0.539. The van der Waals surface area contributed by atoms with Gasteiger partial charge in [0, 0.05) is 19.2 Å². The lowest BCUT2D eigenvalue weighted by Crippen LogP contribution is -2.27. The minimum Gasteiger partial charge on any atom is -0.497 e. The Morgan fingerprint density at radius 1 is 1.60 bits per heavy atom. The molecule has 1 unspecified atom stereocenters. The van der Waals surface area contributed by atoms with Crippen molar-refractivity contribution in [1.82, 2.24) is 0 Å². The normalized spacial score (nSPS) is 19.1. The molecular weight excluding hydrogens is 212 g/mol. The second-order valence-electron chi connectivity index (χ2n) is 3.36. The first-order valence-electron chi connectivity index (χ1n) is 4.77. The van der Waals surface area contributed by atoms with E-state index in [0.29, 0.717) is 12.4 Å². The van der Waals surface area contributed by atoms with Crippen molar-refractivity contribution < 1.29 is 8.95 Å². The van der Waals surface area contributed by atoms with Gasteiger partial charge < -0.3 is 15.4 Å². The molecule has 2 rings (SSSR count). The maximum atomic E-state index is 11.7. The number of ether oxygens (including phenoxy) is 1. The summed E-state index contributed by atoms with van der Waals surface area (Å²) in [5.41, 5.74) is 6.49. The molecule has 0 fully saturated rings. The predicted molar refractivity (Wildman–Crippen MR) is 60.7 cm³/mol. The second-order valence-corrected chi connectivity index (χ2v) is 4.75. The number of benzene rings is 1. The fourth-order valence-corrected chi connectivity index (χ4v) is 3.02. The summed E-state index contributed by atoms with van der Waals surface area (Å²) in [6, 6.07) is 5.61. The van der Waals surface area contributed by atoms with Crippen molar-refractivity contribution in [1.29, 1.82) is 0 Å². The molecule has 0 saturated carbocycles. The Kier molecular flexibility index (Phi) is 2.93. The van der Waals surface area contributed by atoms with Crippen molar-refractivity contribution in [2.45, 2.75) is 4.90 Å². The van der Waals surface area contributed by atoms with Crippen LogP contribution >= 0.6 is 0 Å². The molecule has 0 spiro atoms. The van der Waals surface area contributed by atoms with Gasteiger partial charge in [0.1, 0.15) is 5.75 Å². The van der Waals surface area contributed by atoms with Crippen molar-refractivity contribution in [3.63, 3.8) is 0 Å². The summed E-state index contributed by atoms with van der Waals surface area (Å²) in [6.07, 6.45) is 0. The van der Waals surface area contributed by atoms with Crippen LogP contribution in [-0.4, -0.2) is 30.3 Å². The first-order chi connectivity index (χ1) is 7.26. The van der Waals surface area contributed by atoms with Gasteiger partial charge in [0.15, 0.2) is 0 Å². The van der Waals surface area contributed by atoms with Gasteiger partial charge in [-0.2, -0.15) is 0 Å². The third kappa shape index (κ3) is 1.85. The quantitative estimate of drug-likeness (QED) is 0.817. The van der Waals surface area contributed by atoms with Crippen LogP contribution in [0.2, 0.25) is 0 Å². The molecule has 1 aliphatic rings. The summed E-state index contributed by atoms with van der Waals surface area (Å²) in [6.45, 7) is 1.29. The largest absolute Gasteiger partial charge is 0.497 e. The molecule has 82 valence electrons. The van der Waals surface area contributed by atoms with Crippen molar-refractivity contribution in [2.75, 3.05) is 31.0 Å². The number of rotatable bonds is 3. The molecule has 4 nitrogen and oxygen atoms in total. The summed E-state index contributed by atoms with van der Waals surface area (Å²) < 4.78 is 16.9. The van der Waals surface area contributed by atoms with E-state index < -0.39 is 10.8 Å². The first-order valence-corrected chi connectivity index (χ1v) is 6.09. The van der Waals surface area contributed by atoms with Crippen molar-refractivity contribution in [3.05, 3.63) is 18.2 Å². The number of nitrogens with zero attached hydrogens (tertiary/aromatic N) is 1. The molecule has 0 bridgehead atoms. The van der Waals surface area contributed by atoms with E-state index in [1.165, 1.54) is 0 Å². The third-order valence-electron chi connectivity index (χ3n) is 2.42. The molecule has 15 heavy (non-hydrogen) atoms. The molecule has 1 aromatic carbocycles. The Hall–Kier alpha value is -1.07. The van der Waals surface area contributed by atoms with Crippen molar-refractivity contribution in [2.24, 2.45) is 5.73 Å². The summed E-state index contributed by atoms with van der Waals surface area (Å²) in [5.74, 6) is 1.33. The minimum absolute atomic E-state index is 0.541. The summed E-state index contributed by atoms with van der Waals surface area (Å²) in [7, 11) is 0.701. The monoisotopic (exact) mass is 226 g/mol. The van der Waals surface area contributed by atoms with Gasteiger partial charge in [-0.15, -0.1) is 0 Å². The van der Waals surface area contributed by atoms with E-state index >= 15 is 0 Å². The summed E-state index contributed by atoms with van der Waals surface area (Å²) in [4.78, 5) is 2.91. The summed E-state index contributed by atoms with van der Waals surface area (Å²) in [5, 5.41) is 0. The lowest BCUT2D eigenvalue weighted by molar-refractivity contribution is 0.414. The highest BCUT2D eigenvalue weighted by Crippen LogP contribution is 2.34. The molecule has 2 N–H and O–H groups in total. The molecule has 0 radical (unpaired) electrons. The highest BCUT2D eigenvalue weighted by molar-refractivity contribution is 7.85.